The summed E-state index contributed by atoms with van der Waals surface area (Å²) in [6, 6.07) is 11.3. The summed E-state index contributed by atoms with van der Waals surface area (Å²) in [7, 11) is -0.479. The average Bonchev–Trinajstić information content (AvgIpc) is 3.28. The number of carbonyl (C=O) groups excluding carboxylic acids is 1. The lowest BCUT2D eigenvalue weighted by molar-refractivity contribution is -0.118. The zero-order valence-electron chi connectivity index (χ0n) is 16.4. The molecule has 1 saturated heterocycles. The fourth-order valence-electron chi connectivity index (χ4n) is 3.08. The molecule has 156 valence electrons. The number of nitrogens with zero attached hydrogens (tertiary/aromatic N) is 1. The van der Waals surface area contributed by atoms with Gasteiger partial charge in [0.2, 0.25) is 15.8 Å². The molecule has 1 aliphatic rings. The Hall–Kier alpha value is -2.78. The zero-order valence-corrected chi connectivity index (χ0v) is 17.2. The highest BCUT2D eigenvalue weighted by Crippen LogP contribution is 2.36. The summed E-state index contributed by atoms with van der Waals surface area (Å²) >= 11 is 0. The number of methoxy groups -OCH3 is 2. The summed E-state index contributed by atoms with van der Waals surface area (Å²) in [4.78, 5) is 12.4. The lowest BCUT2D eigenvalue weighted by Crippen LogP contribution is -2.27. The minimum Gasteiger partial charge on any atom is -0.493 e. The van der Waals surface area contributed by atoms with Crippen LogP contribution in [0.3, 0.4) is 0 Å². The smallest absolute Gasteiger partial charge is 0.262 e. The van der Waals surface area contributed by atoms with Gasteiger partial charge in [-0.05, 0) is 49.2 Å². The molecule has 0 unspecified atom stereocenters. The van der Waals surface area contributed by atoms with Gasteiger partial charge in [0.05, 0.1) is 19.1 Å². The molecule has 1 amide bonds. The maximum absolute atomic E-state index is 12.5. The van der Waals surface area contributed by atoms with E-state index in [2.05, 4.69) is 5.32 Å². The number of nitrogens with one attached hydrogen (secondary N) is 1. The van der Waals surface area contributed by atoms with E-state index in [-0.39, 0.29) is 11.5 Å². The summed E-state index contributed by atoms with van der Waals surface area (Å²) in [6.45, 7) is 0.833. The van der Waals surface area contributed by atoms with Crippen LogP contribution >= 0.6 is 0 Å². The van der Waals surface area contributed by atoms with Crippen molar-refractivity contribution in [3.05, 3.63) is 42.5 Å². The number of hydrogen-bond acceptors (Lipinski definition) is 6. The minimum absolute atomic E-state index is 0.215. The number of ether oxygens (including phenoxy) is 3. The van der Waals surface area contributed by atoms with Crippen molar-refractivity contribution < 1.29 is 27.4 Å². The van der Waals surface area contributed by atoms with Gasteiger partial charge in [-0.25, -0.2) is 8.42 Å². The fraction of sp³-hybridized carbons (Fsp3) is 0.350. The largest absolute Gasteiger partial charge is 0.493 e. The Morgan fingerprint density at radius 2 is 1.59 bits per heavy atom. The van der Waals surface area contributed by atoms with Crippen molar-refractivity contribution in [3.8, 4) is 17.2 Å². The Labute approximate surface area is 170 Å². The van der Waals surface area contributed by atoms with E-state index >= 15 is 0 Å². The van der Waals surface area contributed by atoms with E-state index in [1.807, 2.05) is 0 Å². The third kappa shape index (κ3) is 4.80. The molecular weight excluding hydrogens is 396 g/mol. The standard InChI is InChI=1S/C20H24N2O6S/c1-26-17-6-5-7-18(27-2)20(17)28-14-19(23)21-15-8-10-16(11-9-15)29(24,25)22-12-3-4-13-22/h5-11H,3-4,12-14H2,1-2H3,(H,21,23). The number of anilines is 1. The summed E-state index contributed by atoms with van der Waals surface area (Å²) in [5, 5.41) is 2.68. The normalized spacial score (nSPS) is 14.4. The molecule has 2 aromatic carbocycles. The summed E-state index contributed by atoms with van der Waals surface area (Å²) in [5.74, 6) is 0.843. The van der Waals surface area contributed by atoms with Gasteiger partial charge in [-0.15, -0.1) is 0 Å². The Balaban J connectivity index is 1.62. The molecule has 1 aliphatic heterocycles. The molecule has 3 rings (SSSR count). The van der Waals surface area contributed by atoms with Crippen LogP contribution in [0.5, 0.6) is 17.2 Å². The van der Waals surface area contributed by atoms with Gasteiger partial charge in [0.25, 0.3) is 5.91 Å². The maximum Gasteiger partial charge on any atom is 0.262 e. The highest BCUT2D eigenvalue weighted by Gasteiger charge is 2.27. The van der Waals surface area contributed by atoms with Crippen molar-refractivity contribution in [2.45, 2.75) is 17.7 Å². The minimum atomic E-state index is -3.48. The zero-order chi connectivity index (χ0) is 20.9. The molecule has 0 saturated carbocycles. The molecule has 1 fully saturated rings. The van der Waals surface area contributed by atoms with Gasteiger partial charge in [0.15, 0.2) is 18.1 Å². The Kier molecular flexibility index (Phi) is 6.60. The van der Waals surface area contributed by atoms with Crippen molar-refractivity contribution in [2.24, 2.45) is 0 Å². The van der Waals surface area contributed by atoms with Crippen LogP contribution in [-0.4, -0.2) is 52.5 Å². The van der Waals surface area contributed by atoms with Crippen molar-refractivity contribution in [3.63, 3.8) is 0 Å². The SMILES string of the molecule is COc1cccc(OC)c1OCC(=O)Nc1ccc(S(=O)(=O)N2CCCC2)cc1. The Morgan fingerprint density at radius 1 is 1.00 bits per heavy atom. The first-order valence-electron chi connectivity index (χ1n) is 9.19. The van der Waals surface area contributed by atoms with Gasteiger partial charge in [0, 0.05) is 18.8 Å². The van der Waals surface area contributed by atoms with Crippen LogP contribution < -0.4 is 19.5 Å². The molecule has 1 N–H and O–H groups in total. The topological polar surface area (TPSA) is 94.2 Å². The predicted molar refractivity (Wildman–Crippen MR) is 108 cm³/mol. The molecule has 0 bridgehead atoms. The summed E-state index contributed by atoms with van der Waals surface area (Å²) in [6.07, 6.45) is 1.76. The fourth-order valence-corrected chi connectivity index (χ4v) is 4.60. The third-order valence-electron chi connectivity index (χ3n) is 4.57. The van der Waals surface area contributed by atoms with Gasteiger partial charge in [0.1, 0.15) is 0 Å². The van der Waals surface area contributed by atoms with E-state index in [0.717, 1.165) is 12.8 Å². The first-order chi connectivity index (χ1) is 14.0. The highest BCUT2D eigenvalue weighted by molar-refractivity contribution is 7.89. The number of para-hydroxylation sites is 1. The first kappa shape index (κ1) is 20.9. The molecule has 29 heavy (non-hydrogen) atoms. The van der Waals surface area contributed by atoms with E-state index in [1.54, 1.807) is 30.3 Å². The molecule has 0 radical (unpaired) electrons. The predicted octanol–water partition coefficient (Wildman–Crippen LogP) is 2.51. The molecule has 0 atom stereocenters. The number of amides is 1. The molecule has 0 aliphatic carbocycles. The Bertz CT molecular complexity index is 931. The van der Waals surface area contributed by atoms with Crippen LogP contribution in [0, 0.1) is 0 Å². The van der Waals surface area contributed by atoms with E-state index in [9.17, 15) is 13.2 Å². The van der Waals surface area contributed by atoms with Crippen LogP contribution in [0.25, 0.3) is 0 Å². The third-order valence-corrected chi connectivity index (χ3v) is 6.48. The molecule has 0 aromatic heterocycles. The van der Waals surface area contributed by atoms with Gasteiger partial charge in [-0.1, -0.05) is 6.07 Å². The number of carbonyl (C=O) groups is 1. The molecule has 8 nitrogen and oxygen atoms in total. The second-order valence-corrected chi connectivity index (χ2v) is 8.40. The maximum atomic E-state index is 12.5. The van der Waals surface area contributed by atoms with Crippen molar-refractivity contribution >= 4 is 21.6 Å². The number of sulfonamides is 1. The van der Waals surface area contributed by atoms with Crippen LogP contribution in [0.4, 0.5) is 5.69 Å². The quantitative estimate of drug-likeness (QED) is 0.705. The van der Waals surface area contributed by atoms with E-state index in [1.165, 1.54) is 30.7 Å². The highest BCUT2D eigenvalue weighted by atomic mass is 32.2. The van der Waals surface area contributed by atoms with Crippen molar-refractivity contribution in [2.75, 3.05) is 39.2 Å². The van der Waals surface area contributed by atoms with E-state index in [4.69, 9.17) is 14.2 Å². The van der Waals surface area contributed by atoms with Crippen molar-refractivity contribution in [1.82, 2.24) is 4.31 Å². The second-order valence-electron chi connectivity index (χ2n) is 6.46. The average molecular weight is 420 g/mol. The number of hydrogen-bond donors (Lipinski definition) is 1. The van der Waals surface area contributed by atoms with E-state index < -0.39 is 15.9 Å². The summed E-state index contributed by atoms with van der Waals surface area (Å²) < 4.78 is 42.6. The number of benzene rings is 2. The van der Waals surface area contributed by atoms with Crippen molar-refractivity contribution in [1.29, 1.82) is 0 Å². The van der Waals surface area contributed by atoms with E-state index in [0.29, 0.717) is 36.0 Å². The molecule has 0 spiro atoms. The van der Waals surface area contributed by atoms with Gasteiger partial charge >= 0.3 is 0 Å². The molecule has 1 heterocycles. The van der Waals surface area contributed by atoms with Gasteiger partial charge in [-0.3, -0.25) is 4.79 Å². The summed E-state index contributed by atoms with van der Waals surface area (Å²) in [5.41, 5.74) is 0.478. The first-order valence-corrected chi connectivity index (χ1v) is 10.6. The molecule has 9 heteroatoms. The van der Waals surface area contributed by atoms with Crippen LogP contribution in [-0.2, 0) is 14.8 Å². The molecule has 2 aromatic rings. The molecular formula is C20H24N2O6S. The van der Waals surface area contributed by atoms with Gasteiger partial charge < -0.3 is 19.5 Å². The second kappa shape index (κ2) is 9.15. The van der Waals surface area contributed by atoms with Crippen LogP contribution in [0.15, 0.2) is 47.4 Å². The lowest BCUT2D eigenvalue weighted by atomic mass is 10.3. The number of rotatable bonds is 8. The van der Waals surface area contributed by atoms with Crippen LogP contribution in [0.1, 0.15) is 12.8 Å². The van der Waals surface area contributed by atoms with Gasteiger partial charge in [-0.2, -0.15) is 4.31 Å². The van der Waals surface area contributed by atoms with Crippen LogP contribution in [0.2, 0.25) is 0 Å². The monoisotopic (exact) mass is 420 g/mol. The lowest BCUT2D eigenvalue weighted by Gasteiger charge is -2.16. The Morgan fingerprint density at radius 3 is 2.14 bits per heavy atom.